The number of hydrogen-bond acceptors (Lipinski definition) is 4. The van der Waals surface area contributed by atoms with Gasteiger partial charge in [0.2, 0.25) is 5.78 Å². The molecule has 0 saturated carbocycles. The summed E-state index contributed by atoms with van der Waals surface area (Å²) in [6.07, 6.45) is 4.57. The summed E-state index contributed by atoms with van der Waals surface area (Å²) in [5.41, 5.74) is -0.206. The largest absolute Gasteiger partial charge is 0.323 e. The number of rotatable bonds is 4. The Kier molecular flexibility index (Phi) is 3.49. The first kappa shape index (κ1) is 11.3. The second-order valence-corrected chi connectivity index (χ2v) is 3.26. The van der Waals surface area contributed by atoms with Crippen LogP contribution in [0.5, 0.6) is 0 Å². The molecule has 0 radical (unpaired) electrons. The molecule has 1 aliphatic carbocycles. The molecular weight excluding hydrogens is 198 g/mol. The first-order valence-electron chi connectivity index (χ1n) is 4.72. The van der Waals surface area contributed by atoms with Crippen LogP contribution in [0.15, 0.2) is 23.4 Å². The van der Waals surface area contributed by atoms with E-state index in [0.29, 0.717) is 12.0 Å². The topological polar surface area (TPSA) is 77.3 Å². The van der Waals surface area contributed by atoms with E-state index in [1.54, 1.807) is 0 Å². The highest BCUT2D eigenvalue weighted by Gasteiger charge is 2.33. The summed E-state index contributed by atoms with van der Waals surface area (Å²) < 4.78 is 0. The molecule has 0 aromatic carbocycles. The van der Waals surface area contributed by atoms with Crippen molar-refractivity contribution in [1.82, 2.24) is 0 Å². The minimum atomic E-state index is -1.01. The summed E-state index contributed by atoms with van der Waals surface area (Å²) in [5.74, 6) is -1.82. The predicted octanol–water partition coefficient (Wildman–Crippen LogP) is 1.42. The van der Waals surface area contributed by atoms with E-state index in [2.05, 4.69) is 0 Å². The van der Waals surface area contributed by atoms with Crippen LogP contribution in [0.25, 0.3) is 0 Å². The Morgan fingerprint density at radius 3 is 2.53 bits per heavy atom. The zero-order valence-electron chi connectivity index (χ0n) is 8.36. The molecule has 0 atom stereocenters. The molecule has 15 heavy (non-hydrogen) atoms. The second kappa shape index (κ2) is 4.63. The number of unbranched alkanes of at least 4 members (excludes halogenated alkanes) is 1. The number of hydrogen-bond donors (Lipinski definition) is 0. The maximum atomic E-state index is 11.2. The van der Waals surface area contributed by atoms with Crippen LogP contribution < -0.4 is 0 Å². The molecule has 0 unspecified atom stereocenters. The molecular formula is C10H11NO4. The van der Waals surface area contributed by atoms with Gasteiger partial charge in [0, 0.05) is 5.57 Å². The third kappa shape index (κ3) is 2.37. The minimum Gasteiger partial charge on any atom is -0.285 e. The summed E-state index contributed by atoms with van der Waals surface area (Å²) >= 11 is 0. The van der Waals surface area contributed by atoms with Gasteiger partial charge in [-0.1, -0.05) is 13.3 Å². The molecule has 0 aliphatic heterocycles. The lowest BCUT2D eigenvalue weighted by Gasteiger charge is -2.06. The van der Waals surface area contributed by atoms with E-state index in [1.165, 1.54) is 6.08 Å². The Balaban J connectivity index is 3.05. The Morgan fingerprint density at radius 1 is 1.33 bits per heavy atom. The molecule has 5 nitrogen and oxygen atoms in total. The van der Waals surface area contributed by atoms with Crippen molar-refractivity contribution in [1.29, 1.82) is 0 Å². The highest BCUT2D eigenvalue weighted by molar-refractivity contribution is 6.47. The summed E-state index contributed by atoms with van der Waals surface area (Å²) in [4.78, 5) is 32.0. The molecule has 0 amide bonds. The molecule has 0 aromatic rings. The van der Waals surface area contributed by atoms with Crippen molar-refractivity contribution < 1.29 is 14.5 Å². The van der Waals surface area contributed by atoms with Crippen LogP contribution in [0.1, 0.15) is 26.2 Å². The molecule has 1 aliphatic rings. The lowest BCUT2D eigenvalue weighted by Crippen LogP contribution is -2.23. The Hall–Kier alpha value is -1.78. The highest BCUT2D eigenvalue weighted by atomic mass is 16.6. The number of allylic oxidation sites excluding steroid dienone is 4. The average Bonchev–Trinajstić information content (AvgIpc) is 2.19. The van der Waals surface area contributed by atoms with Crippen LogP contribution in [0.2, 0.25) is 0 Å². The highest BCUT2D eigenvalue weighted by Crippen LogP contribution is 2.19. The van der Waals surface area contributed by atoms with Gasteiger partial charge < -0.3 is 0 Å². The van der Waals surface area contributed by atoms with Crippen LogP contribution in [0.3, 0.4) is 0 Å². The number of nitro groups is 1. The van der Waals surface area contributed by atoms with Crippen LogP contribution in [-0.4, -0.2) is 16.5 Å². The fraction of sp³-hybridized carbons (Fsp3) is 0.400. The van der Waals surface area contributed by atoms with E-state index < -0.39 is 22.2 Å². The van der Waals surface area contributed by atoms with E-state index in [0.717, 1.165) is 18.9 Å². The van der Waals surface area contributed by atoms with Crippen molar-refractivity contribution in [3.05, 3.63) is 33.5 Å². The second-order valence-electron chi connectivity index (χ2n) is 3.26. The van der Waals surface area contributed by atoms with Gasteiger partial charge in [-0.3, -0.25) is 19.7 Å². The molecule has 0 fully saturated rings. The van der Waals surface area contributed by atoms with Gasteiger partial charge in [0.05, 0.1) is 4.92 Å². The van der Waals surface area contributed by atoms with E-state index in [1.807, 2.05) is 6.92 Å². The quantitative estimate of drug-likeness (QED) is 0.303. The van der Waals surface area contributed by atoms with Crippen molar-refractivity contribution in [2.75, 3.05) is 0 Å². The molecule has 0 saturated heterocycles. The lowest BCUT2D eigenvalue weighted by molar-refractivity contribution is -0.419. The first-order chi connectivity index (χ1) is 7.07. The molecule has 0 N–H and O–H groups in total. The van der Waals surface area contributed by atoms with Gasteiger partial charge in [0.25, 0.3) is 0 Å². The minimum absolute atomic E-state index is 0.353. The summed E-state index contributed by atoms with van der Waals surface area (Å²) in [6, 6.07) is 0. The first-order valence-corrected chi connectivity index (χ1v) is 4.72. The van der Waals surface area contributed by atoms with Gasteiger partial charge in [-0.15, -0.1) is 0 Å². The smallest absolute Gasteiger partial charge is 0.285 e. The van der Waals surface area contributed by atoms with Gasteiger partial charge >= 0.3 is 11.5 Å². The summed E-state index contributed by atoms with van der Waals surface area (Å²) in [5, 5.41) is 10.6. The van der Waals surface area contributed by atoms with Crippen LogP contribution in [0, 0.1) is 10.1 Å². The van der Waals surface area contributed by atoms with Crippen LogP contribution in [0.4, 0.5) is 0 Å². The van der Waals surface area contributed by atoms with Gasteiger partial charge in [-0.25, -0.2) is 0 Å². The SMILES string of the molecule is CCCCC1=C([N+](=O)[O-])C(=O)C(=O)C=C1. The van der Waals surface area contributed by atoms with Gasteiger partial charge in [0.1, 0.15) is 0 Å². The molecule has 1 rings (SSSR count). The summed E-state index contributed by atoms with van der Waals surface area (Å²) in [7, 11) is 0. The maximum Gasteiger partial charge on any atom is 0.323 e. The fourth-order valence-corrected chi connectivity index (χ4v) is 1.36. The molecule has 80 valence electrons. The third-order valence-corrected chi connectivity index (χ3v) is 2.16. The number of carbonyl (C=O) groups is 2. The molecule has 0 spiro atoms. The Morgan fingerprint density at radius 2 is 2.00 bits per heavy atom. The van der Waals surface area contributed by atoms with Crippen molar-refractivity contribution in [3.8, 4) is 0 Å². The fourth-order valence-electron chi connectivity index (χ4n) is 1.36. The average molecular weight is 209 g/mol. The van der Waals surface area contributed by atoms with E-state index in [4.69, 9.17) is 0 Å². The summed E-state index contributed by atoms with van der Waals surface area (Å²) in [6.45, 7) is 1.95. The number of ketones is 2. The van der Waals surface area contributed by atoms with Gasteiger partial charge in [0.15, 0.2) is 0 Å². The molecule has 0 heterocycles. The number of carbonyl (C=O) groups excluding carboxylic acids is 2. The lowest BCUT2D eigenvalue weighted by atomic mass is 9.97. The molecule has 5 heteroatoms. The van der Waals surface area contributed by atoms with Crippen LogP contribution >= 0.6 is 0 Å². The maximum absolute atomic E-state index is 11.2. The third-order valence-electron chi connectivity index (χ3n) is 2.16. The van der Waals surface area contributed by atoms with Crippen LogP contribution in [-0.2, 0) is 9.59 Å². The standard InChI is InChI=1S/C10H11NO4/c1-2-3-4-7-5-6-8(12)10(13)9(7)11(14)15/h5-6H,2-4H2,1H3. The zero-order chi connectivity index (χ0) is 11.4. The van der Waals surface area contributed by atoms with Crippen molar-refractivity contribution in [3.63, 3.8) is 0 Å². The van der Waals surface area contributed by atoms with Crippen molar-refractivity contribution in [2.24, 2.45) is 0 Å². The predicted molar refractivity (Wildman–Crippen MR) is 52.7 cm³/mol. The van der Waals surface area contributed by atoms with E-state index in [-0.39, 0.29) is 0 Å². The molecule has 0 bridgehead atoms. The van der Waals surface area contributed by atoms with E-state index in [9.17, 15) is 19.7 Å². The monoisotopic (exact) mass is 209 g/mol. The van der Waals surface area contributed by atoms with Gasteiger partial charge in [-0.05, 0) is 25.0 Å². The van der Waals surface area contributed by atoms with E-state index >= 15 is 0 Å². The molecule has 0 aromatic heterocycles. The van der Waals surface area contributed by atoms with Crippen molar-refractivity contribution >= 4 is 11.6 Å². The number of nitrogens with zero attached hydrogens (tertiary/aromatic N) is 1. The Bertz CT molecular complexity index is 379. The van der Waals surface area contributed by atoms with Crippen molar-refractivity contribution in [2.45, 2.75) is 26.2 Å². The number of Topliss-reactive ketones (excluding diaryl/α,β-unsaturated/α-hetero) is 1. The van der Waals surface area contributed by atoms with Gasteiger partial charge in [-0.2, -0.15) is 0 Å². The normalized spacial score (nSPS) is 16.1. The zero-order valence-corrected chi connectivity index (χ0v) is 8.36. The Labute approximate surface area is 86.6 Å².